The zero-order chi connectivity index (χ0) is 10.7. The van der Waals surface area contributed by atoms with Gasteiger partial charge in [-0.05, 0) is 43.9 Å². The molecular formula is C13H25NO. The molecule has 2 rings (SSSR count). The van der Waals surface area contributed by atoms with E-state index < -0.39 is 0 Å². The van der Waals surface area contributed by atoms with Crippen molar-refractivity contribution in [3.63, 3.8) is 0 Å². The molecule has 1 saturated carbocycles. The van der Waals surface area contributed by atoms with Gasteiger partial charge in [-0.1, -0.05) is 13.8 Å². The van der Waals surface area contributed by atoms with E-state index in [1.54, 1.807) is 0 Å². The molecule has 1 aliphatic carbocycles. The van der Waals surface area contributed by atoms with Crippen molar-refractivity contribution in [3.8, 4) is 0 Å². The van der Waals surface area contributed by atoms with E-state index in [0.717, 1.165) is 31.0 Å². The average molecular weight is 211 g/mol. The highest BCUT2D eigenvalue weighted by molar-refractivity contribution is 4.81. The molecule has 1 N–H and O–H groups in total. The summed E-state index contributed by atoms with van der Waals surface area (Å²) in [5.41, 5.74) is 0. The first-order valence-electron chi connectivity index (χ1n) is 6.60. The molecule has 4 atom stereocenters. The van der Waals surface area contributed by atoms with Gasteiger partial charge in [-0.25, -0.2) is 0 Å². The highest BCUT2D eigenvalue weighted by Crippen LogP contribution is 2.29. The van der Waals surface area contributed by atoms with Crippen molar-refractivity contribution >= 4 is 0 Å². The molecule has 2 nitrogen and oxygen atoms in total. The third-order valence-corrected chi connectivity index (χ3v) is 4.26. The van der Waals surface area contributed by atoms with E-state index in [9.17, 15) is 0 Å². The molecule has 0 aromatic carbocycles. The van der Waals surface area contributed by atoms with E-state index in [0.29, 0.717) is 6.10 Å². The number of hydrogen-bond acceptors (Lipinski definition) is 2. The van der Waals surface area contributed by atoms with Crippen LogP contribution in [0.1, 0.15) is 46.0 Å². The summed E-state index contributed by atoms with van der Waals surface area (Å²) in [5.74, 6) is 1.81. The zero-order valence-corrected chi connectivity index (χ0v) is 10.2. The lowest BCUT2D eigenvalue weighted by Gasteiger charge is -2.33. The molecule has 0 aromatic rings. The fourth-order valence-electron chi connectivity index (χ4n) is 2.84. The van der Waals surface area contributed by atoms with E-state index in [1.165, 1.54) is 32.1 Å². The number of rotatable bonds is 3. The largest absolute Gasteiger partial charge is 0.377 e. The molecule has 0 aromatic heterocycles. The van der Waals surface area contributed by atoms with Crippen LogP contribution in [0.3, 0.4) is 0 Å². The van der Waals surface area contributed by atoms with Gasteiger partial charge in [-0.2, -0.15) is 0 Å². The lowest BCUT2D eigenvalue weighted by molar-refractivity contribution is 0.102. The summed E-state index contributed by atoms with van der Waals surface area (Å²) in [6, 6.07) is 0.750. The highest BCUT2D eigenvalue weighted by Gasteiger charge is 2.25. The Labute approximate surface area is 93.8 Å². The fourth-order valence-corrected chi connectivity index (χ4v) is 2.84. The molecular weight excluding hydrogens is 186 g/mol. The Hall–Kier alpha value is -0.0800. The van der Waals surface area contributed by atoms with Crippen LogP contribution in [0.25, 0.3) is 0 Å². The molecule has 0 spiro atoms. The van der Waals surface area contributed by atoms with Gasteiger partial charge in [0.05, 0.1) is 6.10 Å². The Bertz CT molecular complexity index is 189. The first-order chi connectivity index (χ1) is 7.25. The SMILES string of the molecule is CC1CCC(NCC2CCCO2)CC1C. The zero-order valence-electron chi connectivity index (χ0n) is 10.2. The van der Waals surface area contributed by atoms with Crippen molar-refractivity contribution in [1.29, 1.82) is 0 Å². The van der Waals surface area contributed by atoms with Gasteiger partial charge in [0.25, 0.3) is 0 Å². The van der Waals surface area contributed by atoms with Crippen LogP contribution in [0, 0.1) is 11.8 Å². The molecule has 0 radical (unpaired) electrons. The van der Waals surface area contributed by atoms with Crippen LogP contribution >= 0.6 is 0 Å². The van der Waals surface area contributed by atoms with Crippen molar-refractivity contribution < 1.29 is 4.74 Å². The molecule has 1 aliphatic heterocycles. The van der Waals surface area contributed by atoms with Crippen LogP contribution in [-0.4, -0.2) is 25.3 Å². The van der Waals surface area contributed by atoms with E-state index in [2.05, 4.69) is 19.2 Å². The van der Waals surface area contributed by atoms with Crippen LogP contribution in [0.5, 0.6) is 0 Å². The second kappa shape index (κ2) is 5.31. The monoisotopic (exact) mass is 211 g/mol. The van der Waals surface area contributed by atoms with Gasteiger partial charge in [0.2, 0.25) is 0 Å². The average Bonchev–Trinajstić information content (AvgIpc) is 2.73. The first kappa shape index (κ1) is 11.4. The minimum Gasteiger partial charge on any atom is -0.377 e. The molecule has 2 fully saturated rings. The maximum absolute atomic E-state index is 5.63. The minimum absolute atomic E-state index is 0.500. The summed E-state index contributed by atoms with van der Waals surface area (Å²) in [5, 5.41) is 3.69. The molecule has 0 bridgehead atoms. The Morgan fingerprint density at radius 3 is 2.67 bits per heavy atom. The molecule has 0 amide bonds. The minimum atomic E-state index is 0.500. The molecule has 1 saturated heterocycles. The van der Waals surface area contributed by atoms with Gasteiger partial charge in [0.15, 0.2) is 0 Å². The van der Waals surface area contributed by atoms with Crippen molar-refractivity contribution in [1.82, 2.24) is 5.32 Å². The van der Waals surface area contributed by atoms with Gasteiger partial charge in [-0.15, -0.1) is 0 Å². The lowest BCUT2D eigenvalue weighted by Crippen LogP contribution is -2.39. The summed E-state index contributed by atoms with van der Waals surface area (Å²) >= 11 is 0. The third kappa shape index (κ3) is 3.18. The maximum Gasteiger partial charge on any atom is 0.0700 e. The quantitative estimate of drug-likeness (QED) is 0.774. The Balaban J connectivity index is 1.66. The Morgan fingerprint density at radius 1 is 1.13 bits per heavy atom. The smallest absolute Gasteiger partial charge is 0.0700 e. The van der Waals surface area contributed by atoms with Crippen molar-refractivity contribution in [2.75, 3.05) is 13.2 Å². The van der Waals surface area contributed by atoms with Crippen molar-refractivity contribution in [2.24, 2.45) is 11.8 Å². The number of ether oxygens (including phenoxy) is 1. The summed E-state index contributed by atoms with van der Waals surface area (Å²) < 4.78 is 5.63. The van der Waals surface area contributed by atoms with Gasteiger partial charge >= 0.3 is 0 Å². The number of hydrogen-bond donors (Lipinski definition) is 1. The van der Waals surface area contributed by atoms with Crippen LogP contribution in [-0.2, 0) is 4.74 Å². The van der Waals surface area contributed by atoms with Crippen LogP contribution < -0.4 is 5.32 Å². The van der Waals surface area contributed by atoms with Crippen molar-refractivity contribution in [3.05, 3.63) is 0 Å². The second-order valence-corrected chi connectivity index (χ2v) is 5.51. The van der Waals surface area contributed by atoms with E-state index in [-0.39, 0.29) is 0 Å². The second-order valence-electron chi connectivity index (χ2n) is 5.51. The topological polar surface area (TPSA) is 21.3 Å². The summed E-state index contributed by atoms with van der Waals surface area (Å²) in [6.07, 6.45) is 7.12. The van der Waals surface area contributed by atoms with Gasteiger partial charge in [-0.3, -0.25) is 0 Å². The molecule has 1 heterocycles. The first-order valence-corrected chi connectivity index (χ1v) is 6.60. The van der Waals surface area contributed by atoms with E-state index in [1.807, 2.05) is 0 Å². The molecule has 88 valence electrons. The molecule has 4 unspecified atom stereocenters. The summed E-state index contributed by atoms with van der Waals surface area (Å²) in [6.45, 7) is 6.84. The van der Waals surface area contributed by atoms with Crippen LogP contribution in [0.2, 0.25) is 0 Å². The number of nitrogens with one attached hydrogen (secondary N) is 1. The maximum atomic E-state index is 5.63. The predicted molar refractivity (Wildman–Crippen MR) is 62.9 cm³/mol. The van der Waals surface area contributed by atoms with E-state index in [4.69, 9.17) is 4.74 Å². The normalized spacial score (nSPS) is 42.0. The highest BCUT2D eigenvalue weighted by atomic mass is 16.5. The van der Waals surface area contributed by atoms with Crippen LogP contribution in [0.4, 0.5) is 0 Å². The van der Waals surface area contributed by atoms with Gasteiger partial charge < -0.3 is 10.1 Å². The van der Waals surface area contributed by atoms with Gasteiger partial charge in [0.1, 0.15) is 0 Å². The van der Waals surface area contributed by atoms with E-state index >= 15 is 0 Å². The standard InChI is InChI=1S/C13H25NO/c1-10-5-6-12(8-11(10)2)14-9-13-4-3-7-15-13/h10-14H,3-9H2,1-2H3. The summed E-state index contributed by atoms with van der Waals surface area (Å²) in [4.78, 5) is 0. The predicted octanol–water partition coefficient (Wildman–Crippen LogP) is 2.58. The van der Waals surface area contributed by atoms with Gasteiger partial charge in [0, 0.05) is 19.2 Å². The molecule has 15 heavy (non-hydrogen) atoms. The lowest BCUT2D eigenvalue weighted by atomic mass is 9.79. The Kier molecular flexibility index (Phi) is 4.04. The Morgan fingerprint density at radius 2 is 2.00 bits per heavy atom. The molecule has 2 aliphatic rings. The summed E-state index contributed by atoms with van der Waals surface area (Å²) in [7, 11) is 0. The van der Waals surface area contributed by atoms with Crippen molar-refractivity contribution in [2.45, 2.75) is 58.1 Å². The fraction of sp³-hybridized carbons (Fsp3) is 1.00. The molecule has 2 heteroatoms. The van der Waals surface area contributed by atoms with Crippen LogP contribution in [0.15, 0.2) is 0 Å². The third-order valence-electron chi connectivity index (χ3n) is 4.26.